The molecule has 1 unspecified atom stereocenters. The number of fused-ring (bicyclic) bond motifs is 1. The molecule has 3 rings (SSSR count). The van der Waals surface area contributed by atoms with Crippen molar-refractivity contribution in [1.82, 2.24) is 0 Å². The summed E-state index contributed by atoms with van der Waals surface area (Å²) in [6.07, 6.45) is 0.801. The summed E-state index contributed by atoms with van der Waals surface area (Å²) >= 11 is 3.33. The van der Waals surface area contributed by atoms with Crippen molar-refractivity contribution in [2.24, 2.45) is 0 Å². The van der Waals surface area contributed by atoms with E-state index in [0.717, 1.165) is 15.8 Å². The van der Waals surface area contributed by atoms with Crippen molar-refractivity contribution in [3.05, 3.63) is 64.1 Å². The monoisotopic (exact) mass is 401 g/mol. The maximum atomic E-state index is 12.3. The number of carbonyl (C=O) groups is 2. The minimum atomic E-state index is -0.922. The number of hydrogen-bond donors (Lipinski definition) is 1. The largest absolute Gasteiger partial charge is 0.488 e. The van der Waals surface area contributed by atoms with Gasteiger partial charge in [-0.1, -0.05) is 34.1 Å². The molecule has 25 heavy (non-hydrogen) atoms. The third-order valence-corrected chi connectivity index (χ3v) is 4.19. The lowest BCUT2D eigenvalue weighted by molar-refractivity contribution is -0.149. The molecule has 0 fully saturated rings. The van der Waals surface area contributed by atoms with Gasteiger partial charge in [-0.25, -0.2) is 4.79 Å². The van der Waals surface area contributed by atoms with E-state index in [-0.39, 0.29) is 6.61 Å². The molecule has 0 spiro atoms. The highest BCUT2D eigenvalue weighted by Crippen LogP contribution is 2.26. The van der Waals surface area contributed by atoms with Gasteiger partial charge in [0, 0.05) is 15.7 Å². The zero-order chi connectivity index (χ0) is 17.8. The first kappa shape index (κ1) is 17.2. The summed E-state index contributed by atoms with van der Waals surface area (Å²) in [7, 11) is 0. The van der Waals surface area contributed by atoms with Crippen molar-refractivity contribution >= 4 is 39.6 Å². The fourth-order valence-electron chi connectivity index (χ4n) is 2.30. The number of benzene rings is 2. The van der Waals surface area contributed by atoms with Crippen molar-refractivity contribution < 1.29 is 19.1 Å². The van der Waals surface area contributed by atoms with Crippen LogP contribution in [0.5, 0.6) is 5.75 Å². The molecular formula is C19H16BrNO4. The molecule has 1 amide bonds. The van der Waals surface area contributed by atoms with Crippen molar-refractivity contribution in [1.29, 1.82) is 0 Å². The molecule has 1 N–H and O–H groups in total. The predicted molar refractivity (Wildman–Crippen MR) is 98.2 cm³/mol. The van der Waals surface area contributed by atoms with Gasteiger partial charge in [-0.3, -0.25) is 4.79 Å². The zero-order valence-corrected chi connectivity index (χ0v) is 15.1. The average molecular weight is 402 g/mol. The van der Waals surface area contributed by atoms with Crippen LogP contribution in [0, 0.1) is 0 Å². The topological polar surface area (TPSA) is 64.6 Å². The molecule has 0 saturated heterocycles. The Morgan fingerprint density at radius 3 is 2.64 bits per heavy atom. The first-order valence-corrected chi connectivity index (χ1v) is 8.52. The Labute approximate surface area is 153 Å². The van der Waals surface area contributed by atoms with Gasteiger partial charge in [-0.2, -0.15) is 0 Å². The van der Waals surface area contributed by atoms with Crippen LogP contribution in [-0.4, -0.2) is 24.6 Å². The third-order valence-electron chi connectivity index (χ3n) is 3.66. The summed E-state index contributed by atoms with van der Waals surface area (Å²) < 4.78 is 11.7. The fraction of sp³-hybridized carbons (Fsp3) is 0.158. The van der Waals surface area contributed by atoms with Crippen LogP contribution in [0.3, 0.4) is 0 Å². The standard InChI is InChI=1S/C19H16BrNO4/c1-12(18(22)21-16-8-6-15(20)7-9-16)25-19(23)14-10-13-4-2-3-5-17(13)24-11-14/h2-10,12H,11H2,1H3,(H,21,22). The molecule has 0 bridgehead atoms. The maximum Gasteiger partial charge on any atom is 0.338 e. The molecular weight excluding hydrogens is 386 g/mol. The maximum absolute atomic E-state index is 12.3. The molecule has 2 aromatic carbocycles. The van der Waals surface area contributed by atoms with E-state index >= 15 is 0 Å². The number of amides is 1. The van der Waals surface area contributed by atoms with E-state index in [9.17, 15) is 9.59 Å². The number of nitrogens with one attached hydrogen (secondary N) is 1. The van der Waals surface area contributed by atoms with Gasteiger partial charge in [-0.05, 0) is 43.3 Å². The average Bonchev–Trinajstić information content (AvgIpc) is 2.63. The fourth-order valence-corrected chi connectivity index (χ4v) is 2.57. The summed E-state index contributed by atoms with van der Waals surface area (Å²) in [4.78, 5) is 24.4. The van der Waals surface area contributed by atoms with Gasteiger partial charge >= 0.3 is 5.97 Å². The minimum absolute atomic E-state index is 0.122. The Morgan fingerprint density at radius 1 is 1.16 bits per heavy atom. The quantitative estimate of drug-likeness (QED) is 0.791. The second-order valence-corrected chi connectivity index (χ2v) is 6.46. The predicted octanol–water partition coefficient (Wildman–Crippen LogP) is 3.80. The number of anilines is 1. The molecule has 2 aromatic rings. The van der Waals surface area contributed by atoms with Crippen LogP contribution in [-0.2, 0) is 14.3 Å². The van der Waals surface area contributed by atoms with E-state index in [4.69, 9.17) is 9.47 Å². The first-order chi connectivity index (χ1) is 12.0. The Kier molecular flexibility index (Phi) is 5.19. The van der Waals surface area contributed by atoms with E-state index in [1.54, 1.807) is 18.2 Å². The van der Waals surface area contributed by atoms with Gasteiger partial charge in [-0.15, -0.1) is 0 Å². The number of rotatable bonds is 4. The van der Waals surface area contributed by atoms with E-state index in [1.807, 2.05) is 36.4 Å². The van der Waals surface area contributed by atoms with Crippen LogP contribution in [0.1, 0.15) is 12.5 Å². The molecule has 0 radical (unpaired) electrons. The molecule has 1 aliphatic heterocycles. The summed E-state index contributed by atoms with van der Waals surface area (Å²) in [5.74, 6) is -0.235. The summed E-state index contributed by atoms with van der Waals surface area (Å²) in [5, 5.41) is 2.71. The molecule has 128 valence electrons. The molecule has 0 aliphatic carbocycles. The van der Waals surface area contributed by atoms with Gasteiger partial charge in [0.05, 0.1) is 5.57 Å². The van der Waals surface area contributed by atoms with Gasteiger partial charge in [0.15, 0.2) is 6.10 Å². The van der Waals surface area contributed by atoms with Crippen molar-refractivity contribution in [3.63, 3.8) is 0 Å². The first-order valence-electron chi connectivity index (χ1n) is 7.73. The van der Waals surface area contributed by atoms with Gasteiger partial charge < -0.3 is 14.8 Å². The summed E-state index contributed by atoms with van der Waals surface area (Å²) in [6.45, 7) is 1.65. The molecule has 6 heteroatoms. The number of carbonyl (C=O) groups excluding carboxylic acids is 2. The normalized spacial score (nSPS) is 13.8. The van der Waals surface area contributed by atoms with Crippen LogP contribution in [0.15, 0.2) is 58.6 Å². The van der Waals surface area contributed by atoms with E-state index < -0.39 is 18.0 Å². The summed E-state index contributed by atoms with van der Waals surface area (Å²) in [5.41, 5.74) is 1.82. The van der Waals surface area contributed by atoms with Crippen LogP contribution < -0.4 is 10.1 Å². The lowest BCUT2D eigenvalue weighted by Crippen LogP contribution is -2.31. The Morgan fingerprint density at radius 2 is 1.88 bits per heavy atom. The van der Waals surface area contributed by atoms with Gasteiger partial charge in [0.25, 0.3) is 5.91 Å². The Balaban J connectivity index is 1.61. The highest BCUT2D eigenvalue weighted by molar-refractivity contribution is 9.10. The number of halogens is 1. The van der Waals surface area contributed by atoms with E-state index in [2.05, 4.69) is 21.2 Å². The lowest BCUT2D eigenvalue weighted by atomic mass is 10.1. The second kappa shape index (κ2) is 7.53. The van der Waals surface area contributed by atoms with Crippen molar-refractivity contribution in [2.75, 3.05) is 11.9 Å². The molecule has 5 nitrogen and oxygen atoms in total. The van der Waals surface area contributed by atoms with Crippen molar-refractivity contribution in [2.45, 2.75) is 13.0 Å². The van der Waals surface area contributed by atoms with Crippen molar-refractivity contribution in [3.8, 4) is 5.75 Å². The highest BCUT2D eigenvalue weighted by Gasteiger charge is 2.23. The number of hydrogen-bond acceptors (Lipinski definition) is 4. The molecule has 1 atom stereocenters. The molecule has 0 aromatic heterocycles. The van der Waals surface area contributed by atoms with Gasteiger partial charge in [0.2, 0.25) is 0 Å². The van der Waals surface area contributed by atoms with Gasteiger partial charge in [0.1, 0.15) is 12.4 Å². The Hall–Kier alpha value is -2.60. The molecule has 1 heterocycles. The van der Waals surface area contributed by atoms with Crippen LogP contribution >= 0.6 is 15.9 Å². The summed E-state index contributed by atoms with van der Waals surface area (Å²) in [6, 6.07) is 14.6. The van der Waals surface area contributed by atoms with Crippen LogP contribution in [0.2, 0.25) is 0 Å². The number of esters is 1. The molecule has 1 aliphatic rings. The smallest absolute Gasteiger partial charge is 0.338 e. The van der Waals surface area contributed by atoms with E-state index in [0.29, 0.717) is 11.3 Å². The third kappa shape index (κ3) is 4.28. The second-order valence-electron chi connectivity index (χ2n) is 5.54. The Bertz CT molecular complexity index is 830. The minimum Gasteiger partial charge on any atom is -0.488 e. The lowest BCUT2D eigenvalue weighted by Gasteiger charge is -2.19. The zero-order valence-electron chi connectivity index (χ0n) is 13.5. The highest BCUT2D eigenvalue weighted by atomic mass is 79.9. The van der Waals surface area contributed by atoms with E-state index in [1.165, 1.54) is 6.92 Å². The number of ether oxygens (including phenoxy) is 2. The van der Waals surface area contributed by atoms with Crippen LogP contribution in [0.4, 0.5) is 5.69 Å². The number of para-hydroxylation sites is 1. The van der Waals surface area contributed by atoms with Crippen LogP contribution in [0.25, 0.3) is 6.08 Å². The molecule has 0 saturated carbocycles. The SMILES string of the molecule is CC(OC(=O)C1=Cc2ccccc2OC1)C(=O)Nc1ccc(Br)cc1.